The molecule has 1 aliphatic rings. The second-order valence-corrected chi connectivity index (χ2v) is 9.52. The Kier molecular flexibility index (Phi) is 6.92. The number of aryl methyl sites for hydroxylation is 1. The van der Waals surface area contributed by atoms with Gasteiger partial charge >= 0.3 is 12.1 Å². The van der Waals surface area contributed by atoms with Gasteiger partial charge in [-0.05, 0) is 76.9 Å². The Bertz CT molecular complexity index is 1340. The van der Waals surface area contributed by atoms with Crippen molar-refractivity contribution in [1.82, 2.24) is 4.90 Å². The van der Waals surface area contributed by atoms with Crippen LogP contribution in [0, 0.1) is 6.92 Å². The second-order valence-electron chi connectivity index (χ2n) is 9.52. The first-order chi connectivity index (χ1) is 17.1. The van der Waals surface area contributed by atoms with Crippen molar-refractivity contribution in [3.63, 3.8) is 0 Å². The lowest BCUT2D eigenvalue weighted by atomic mass is 10.1. The summed E-state index contributed by atoms with van der Waals surface area (Å²) in [5.74, 6) is 0.821. The maximum Gasteiger partial charge on any atom is 0.411 e. The normalized spacial score (nSPS) is 15.6. The molecule has 0 N–H and O–H groups in total. The van der Waals surface area contributed by atoms with Gasteiger partial charge in [0.15, 0.2) is 0 Å². The minimum atomic E-state index is -0.748. The van der Waals surface area contributed by atoms with Gasteiger partial charge in [-0.1, -0.05) is 0 Å². The van der Waals surface area contributed by atoms with E-state index in [1.54, 1.807) is 59.1 Å². The van der Waals surface area contributed by atoms with Gasteiger partial charge in [0.1, 0.15) is 40.7 Å². The van der Waals surface area contributed by atoms with Crippen molar-refractivity contribution >= 4 is 23.0 Å². The summed E-state index contributed by atoms with van der Waals surface area (Å²) in [6.45, 7) is 7.42. The molecule has 1 saturated heterocycles. The van der Waals surface area contributed by atoms with Crippen molar-refractivity contribution in [2.45, 2.75) is 52.2 Å². The SMILES string of the molecule is COc1ccc(Oc2coc3c(C)c(OC(=O)C4CCCN4C(=O)OC(C)(C)C)ccc3c2=O)cc1. The van der Waals surface area contributed by atoms with Crippen LogP contribution in [-0.2, 0) is 9.53 Å². The quantitative estimate of drug-likeness (QED) is 0.351. The van der Waals surface area contributed by atoms with E-state index in [2.05, 4.69) is 0 Å². The van der Waals surface area contributed by atoms with Crippen LogP contribution in [0.1, 0.15) is 39.2 Å². The molecular weight excluding hydrogens is 466 g/mol. The number of methoxy groups -OCH3 is 1. The molecule has 36 heavy (non-hydrogen) atoms. The molecule has 4 rings (SSSR count). The van der Waals surface area contributed by atoms with Crippen molar-refractivity contribution in [3.8, 4) is 23.0 Å². The lowest BCUT2D eigenvalue weighted by molar-refractivity contribution is -0.139. The molecule has 3 aromatic rings. The lowest BCUT2D eigenvalue weighted by Gasteiger charge is -2.27. The molecule has 190 valence electrons. The highest BCUT2D eigenvalue weighted by Crippen LogP contribution is 2.30. The predicted octanol–water partition coefficient (Wildman–Crippen LogP) is 5.21. The van der Waals surface area contributed by atoms with Gasteiger partial charge in [-0.3, -0.25) is 9.69 Å². The summed E-state index contributed by atoms with van der Waals surface area (Å²) in [5.41, 5.74) is -0.269. The van der Waals surface area contributed by atoms with E-state index in [-0.39, 0.29) is 27.9 Å². The molecule has 0 bridgehead atoms. The predicted molar refractivity (Wildman–Crippen MR) is 132 cm³/mol. The summed E-state index contributed by atoms with van der Waals surface area (Å²) in [5, 5.41) is 0.287. The summed E-state index contributed by atoms with van der Waals surface area (Å²) >= 11 is 0. The average Bonchev–Trinajstić information content (AvgIpc) is 3.33. The number of benzene rings is 2. The molecule has 0 radical (unpaired) electrons. The molecule has 1 atom stereocenters. The summed E-state index contributed by atoms with van der Waals surface area (Å²) in [6.07, 6.45) is 1.83. The monoisotopic (exact) mass is 495 g/mol. The molecule has 1 aliphatic heterocycles. The largest absolute Gasteiger partial charge is 0.497 e. The van der Waals surface area contributed by atoms with Crippen molar-refractivity contribution in [2.24, 2.45) is 0 Å². The van der Waals surface area contributed by atoms with Crippen LogP contribution in [-0.4, -0.2) is 42.3 Å². The number of ether oxygens (including phenoxy) is 4. The standard InChI is InChI=1S/C27H29NO8/c1-16-21(35-25(30)20-7-6-14-28(20)26(31)36-27(2,3)4)13-12-19-23(29)22(15-33-24(16)19)34-18-10-8-17(32-5)9-11-18/h8-13,15,20H,6-7,14H2,1-5H3. The molecule has 1 unspecified atom stereocenters. The van der Waals surface area contributed by atoms with Gasteiger partial charge in [-0.15, -0.1) is 0 Å². The number of likely N-dealkylation sites (tertiary alicyclic amines) is 1. The first-order valence-corrected chi connectivity index (χ1v) is 11.7. The number of esters is 1. The number of amides is 1. The molecule has 2 aromatic carbocycles. The van der Waals surface area contributed by atoms with Crippen LogP contribution in [0.25, 0.3) is 11.0 Å². The Morgan fingerprint density at radius 1 is 1.03 bits per heavy atom. The topological polar surface area (TPSA) is 105 Å². The molecule has 2 heterocycles. The fourth-order valence-electron chi connectivity index (χ4n) is 3.98. The summed E-state index contributed by atoms with van der Waals surface area (Å²) < 4.78 is 27.6. The van der Waals surface area contributed by atoms with Gasteiger partial charge in [0, 0.05) is 12.1 Å². The van der Waals surface area contributed by atoms with Crippen LogP contribution in [0.5, 0.6) is 23.0 Å². The van der Waals surface area contributed by atoms with Gasteiger partial charge in [-0.2, -0.15) is 0 Å². The zero-order chi connectivity index (χ0) is 26.0. The third-order valence-electron chi connectivity index (χ3n) is 5.76. The minimum Gasteiger partial charge on any atom is -0.497 e. The number of carbonyl (C=O) groups is 2. The van der Waals surface area contributed by atoms with E-state index < -0.39 is 23.7 Å². The Balaban J connectivity index is 1.53. The molecule has 1 fully saturated rings. The van der Waals surface area contributed by atoms with Crippen LogP contribution < -0.4 is 19.6 Å². The number of rotatable bonds is 5. The summed E-state index contributed by atoms with van der Waals surface area (Å²) in [7, 11) is 1.56. The van der Waals surface area contributed by atoms with Gasteiger partial charge in [0.25, 0.3) is 0 Å². The molecule has 1 amide bonds. The van der Waals surface area contributed by atoms with Crippen LogP contribution in [0.15, 0.2) is 51.9 Å². The Morgan fingerprint density at radius 3 is 2.39 bits per heavy atom. The third kappa shape index (κ3) is 5.30. The van der Waals surface area contributed by atoms with Crippen LogP contribution in [0.3, 0.4) is 0 Å². The van der Waals surface area contributed by atoms with Crippen LogP contribution in [0.4, 0.5) is 4.79 Å². The lowest BCUT2D eigenvalue weighted by Crippen LogP contribution is -2.44. The molecule has 0 spiro atoms. The number of fused-ring (bicyclic) bond motifs is 1. The maximum atomic E-state index is 13.0. The number of hydrogen-bond acceptors (Lipinski definition) is 8. The Morgan fingerprint density at radius 2 is 1.72 bits per heavy atom. The zero-order valence-corrected chi connectivity index (χ0v) is 21.0. The van der Waals surface area contributed by atoms with Gasteiger partial charge in [0.05, 0.1) is 12.5 Å². The Labute approximate surface area is 208 Å². The van der Waals surface area contributed by atoms with Crippen molar-refractivity contribution in [3.05, 3.63) is 58.4 Å². The Hall–Kier alpha value is -4.01. The molecule has 9 heteroatoms. The van der Waals surface area contributed by atoms with E-state index in [9.17, 15) is 14.4 Å². The smallest absolute Gasteiger partial charge is 0.411 e. The number of hydrogen-bond donors (Lipinski definition) is 0. The van der Waals surface area contributed by atoms with E-state index in [1.165, 1.54) is 23.3 Å². The minimum absolute atomic E-state index is 0.0239. The molecule has 1 aromatic heterocycles. The van der Waals surface area contributed by atoms with E-state index in [4.69, 9.17) is 23.4 Å². The van der Waals surface area contributed by atoms with Crippen LogP contribution in [0.2, 0.25) is 0 Å². The van der Waals surface area contributed by atoms with Gasteiger partial charge < -0.3 is 23.4 Å². The van der Waals surface area contributed by atoms with Crippen molar-refractivity contribution < 1.29 is 33.0 Å². The second kappa shape index (κ2) is 9.93. The fraction of sp³-hybridized carbons (Fsp3) is 0.370. The van der Waals surface area contributed by atoms with Gasteiger partial charge in [0.2, 0.25) is 11.2 Å². The fourth-order valence-corrected chi connectivity index (χ4v) is 3.98. The van der Waals surface area contributed by atoms with E-state index in [0.29, 0.717) is 36.4 Å². The highest BCUT2D eigenvalue weighted by Gasteiger charge is 2.38. The summed E-state index contributed by atoms with van der Waals surface area (Å²) in [6, 6.07) is 9.12. The third-order valence-corrected chi connectivity index (χ3v) is 5.76. The van der Waals surface area contributed by atoms with E-state index in [0.717, 1.165) is 0 Å². The number of carbonyl (C=O) groups excluding carboxylic acids is 2. The van der Waals surface area contributed by atoms with Crippen molar-refractivity contribution in [1.29, 1.82) is 0 Å². The molecular formula is C27H29NO8. The first kappa shape index (κ1) is 25.1. The maximum absolute atomic E-state index is 13.0. The highest BCUT2D eigenvalue weighted by molar-refractivity contribution is 5.87. The molecule has 0 aliphatic carbocycles. The first-order valence-electron chi connectivity index (χ1n) is 11.7. The van der Waals surface area contributed by atoms with E-state index >= 15 is 0 Å². The summed E-state index contributed by atoms with van der Waals surface area (Å²) in [4.78, 5) is 39.9. The average molecular weight is 496 g/mol. The molecule has 9 nitrogen and oxygen atoms in total. The zero-order valence-electron chi connectivity index (χ0n) is 21.0. The van der Waals surface area contributed by atoms with Gasteiger partial charge in [-0.25, -0.2) is 9.59 Å². The highest BCUT2D eigenvalue weighted by atomic mass is 16.6. The van der Waals surface area contributed by atoms with Crippen LogP contribution >= 0.6 is 0 Å². The van der Waals surface area contributed by atoms with Crippen molar-refractivity contribution in [2.75, 3.05) is 13.7 Å². The van der Waals surface area contributed by atoms with E-state index in [1.807, 2.05) is 0 Å². The molecule has 0 saturated carbocycles. The number of nitrogens with zero attached hydrogens (tertiary/aromatic N) is 1.